The lowest BCUT2D eigenvalue weighted by atomic mass is 9.76. The van der Waals surface area contributed by atoms with Gasteiger partial charge < -0.3 is 5.73 Å². The predicted molar refractivity (Wildman–Crippen MR) is 80.6 cm³/mol. The Morgan fingerprint density at radius 1 is 1.15 bits per heavy atom. The highest BCUT2D eigenvalue weighted by Gasteiger charge is 2.37. The fourth-order valence-corrected chi connectivity index (χ4v) is 3.47. The van der Waals surface area contributed by atoms with Crippen molar-refractivity contribution in [2.24, 2.45) is 5.73 Å². The molecule has 1 aliphatic rings. The Balaban J connectivity index is 2.02. The third-order valence-electron chi connectivity index (χ3n) is 4.41. The van der Waals surface area contributed by atoms with Gasteiger partial charge in [0.25, 0.3) is 0 Å². The lowest BCUT2D eigenvalue weighted by Gasteiger charge is -2.29. The average molecular weight is 290 g/mol. The summed E-state index contributed by atoms with van der Waals surface area (Å²) in [6.45, 7) is 0.552. The van der Waals surface area contributed by atoms with E-state index in [9.17, 15) is 4.39 Å². The van der Waals surface area contributed by atoms with E-state index in [4.69, 9.17) is 17.3 Å². The second kappa shape index (κ2) is 5.19. The smallest absolute Gasteiger partial charge is 0.142 e. The maximum absolute atomic E-state index is 13.6. The van der Waals surface area contributed by atoms with Crippen molar-refractivity contribution in [3.63, 3.8) is 0 Å². The molecule has 0 heterocycles. The molecule has 0 fully saturated rings. The number of halogens is 2. The van der Waals surface area contributed by atoms with Crippen LogP contribution in [0.25, 0.3) is 0 Å². The minimum Gasteiger partial charge on any atom is -0.330 e. The van der Waals surface area contributed by atoms with E-state index in [2.05, 4.69) is 18.2 Å². The van der Waals surface area contributed by atoms with Crippen LogP contribution in [-0.2, 0) is 18.3 Å². The molecule has 0 saturated carbocycles. The van der Waals surface area contributed by atoms with Gasteiger partial charge in [-0.1, -0.05) is 48.0 Å². The topological polar surface area (TPSA) is 26.0 Å². The fraction of sp³-hybridized carbons (Fsp3) is 0.294. The molecule has 1 aliphatic carbocycles. The normalized spacial score (nSPS) is 20.9. The Bertz CT molecular complexity index is 641. The molecule has 1 nitrogen and oxygen atoms in total. The van der Waals surface area contributed by atoms with E-state index in [-0.39, 0.29) is 16.3 Å². The van der Waals surface area contributed by atoms with Gasteiger partial charge in [-0.25, -0.2) is 4.39 Å². The highest BCUT2D eigenvalue weighted by molar-refractivity contribution is 6.31. The third-order valence-corrected chi connectivity index (χ3v) is 4.84. The van der Waals surface area contributed by atoms with Gasteiger partial charge in [0, 0.05) is 12.0 Å². The van der Waals surface area contributed by atoms with Crippen molar-refractivity contribution in [1.29, 1.82) is 0 Å². The fourth-order valence-electron chi connectivity index (χ4n) is 3.28. The Hall–Kier alpha value is -1.38. The third kappa shape index (κ3) is 2.13. The monoisotopic (exact) mass is 289 g/mol. The van der Waals surface area contributed by atoms with Crippen molar-refractivity contribution in [1.82, 2.24) is 0 Å². The van der Waals surface area contributed by atoms with Gasteiger partial charge in [-0.3, -0.25) is 0 Å². The zero-order valence-electron chi connectivity index (χ0n) is 11.2. The summed E-state index contributed by atoms with van der Waals surface area (Å²) in [5, 5.41) is 0.227. The zero-order valence-corrected chi connectivity index (χ0v) is 12.0. The molecule has 2 aromatic carbocycles. The SMILES string of the molecule is NCC1(Cc2cccc(F)c2Cl)CCc2ccccc21. The minimum absolute atomic E-state index is 0.117. The number of aryl methyl sites for hydroxylation is 1. The zero-order chi connectivity index (χ0) is 14.2. The van der Waals surface area contributed by atoms with Crippen molar-refractivity contribution < 1.29 is 4.39 Å². The summed E-state index contributed by atoms with van der Waals surface area (Å²) in [6, 6.07) is 13.4. The highest BCUT2D eigenvalue weighted by atomic mass is 35.5. The maximum atomic E-state index is 13.6. The van der Waals surface area contributed by atoms with Gasteiger partial charge in [-0.15, -0.1) is 0 Å². The molecule has 2 N–H and O–H groups in total. The first-order chi connectivity index (χ1) is 9.66. The molecular formula is C17H17ClFN. The molecule has 0 aromatic heterocycles. The molecule has 2 aromatic rings. The first kappa shape index (κ1) is 13.6. The summed E-state index contributed by atoms with van der Waals surface area (Å²) in [6.07, 6.45) is 2.72. The van der Waals surface area contributed by atoms with Crippen LogP contribution in [0.4, 0.5) is 4.39 Å². The van der Waals surface area contributed by atoms with Crippen LogP contribution in [0.2, 0.25) is 5.02 Å². The first-order valence-corrected chi connectivity index (χ1v) is 7.25. The van der Waals surface area contributed by atoms with Gasteiger partial charge in [-0.2, -0.15) is 0 Å². The van der Waals surface area contributed by atoms with E-state index >= 15 is 0 Å². The van der Waals surface area contributed by atoms with Crippen LogP contribution in [0, 0.1) is 5.82 Å². The number of rotatable bonds is 3. The van der Waals surface area contributed by atoms with E-state index in [1.165, 1.54) is 17.2 Å². The Kier molecular flexibility index (Phi) is 3.53. The van der Waals surface area contributed by atoms with Crippen LogP contribution < -0.4 is 5.73 Å². The number of fused-ring (bicyclic) bond motifs is 1. The summed E-state index contributed by atoms with van der Waals surface area (Å²) in [4.78, 5) is 0. The van der Waals surface area contributed by atoms with Crippen molar-refractivity contribution >= 4 is 11.6 Å². The maximum Gasteiger partial charge on any atom is 0.142 e. The molecule has 1 unspecified atom stereocenters. The largest absolute Gasteiger partial charge is 0.330 e. The number of nitrogens with two attached hydrogens (primary N) is 1. The standard InChI is InChI=1S/C17H17ClFN/c18-16-13(5-3-7-15(16)19)10-17(11-20)9-8-12-4-1-2-6-14(12)17/h1-7H,8-11,20H2. The second-order valence-corrected chi connectivity index (χ2v) is 5.91. The van der Waals surface area contributed by atoms with Gasteiger partial charge >= 0.3 is 0 Å². The molecule has 104 valence electrons. The summed E-state index contributed by atoms with van der Waals surface area (Å²) < 4.78 is 13.6. The quantitative estimate of drug-likeness (QED) is 0.912. The van der Waals surface area contributed by atoms with E-state index in [1.54, 1.807) is 6.07 Å². The Labute approximate surface area is 123 Å². The Morgan fingerprint density at radius 3 is 2.75 bits per heavy atom. The van der Waals surface area contributed by atoms with Crippen molar-refractivity contribution in [3.05, 3.63) is 70.0 Å². The van der Waals surface area contributed by atoms with Crippen LogP contribution in [0.15, 0.2) is 42.5 Å². The molecule has 0 radical (unpaired) electrons. The summed E-state index contributed by atoms with van der Waals surface area (Å²) in [5.41, 5.74) is 9.45. The van der Waals surface area contributed by atoms with Crippen LogP contribution in [0.3, 0.4) is 0 Å². The first-order valence-electron chi connectivity index (χ1n) is 6.88. The van der Waals surface area contributed by atoms with Gasteiger partial charge in [0.1, 0.15) is 5.82 Å². The van der Waals surface area contributed by atoms with Gasteiger partial charge in [0.15, 0.2) is 0 Å². The van der Waals surface area contributed by atoms with Crippen molar-refractivity contribution in [2.45, 2.75) is 24.7 Å². The molecule has 0 amide bonds. The van der Waals surface area contributed by atoms with Gasteiger partial charge in [0.2, 0.25) is 0 Å². The number of hydrogen-bond acceptors (Lipinski definition) is 1. The van der Waals surface area contributed by atoms with Crippen molar-refractivity contribution in [2.75, 3.05) is 6.54 Å². The summed E-state index contributed by atoms with van der Waals surface area (Å²) in [7, 11) is 0. The molecule has 0 bridgehead atoms. The average Bonchev–Trinajstić information content (AvgIpc) is 2.84. The van der Waals surface area contributed by atoms with E-state index < -0.39 is 0 Å². The predicted octanol–water partition coefficient (Wildman–Crippen LogP) is 3.86. The molecular weight excluding hydrogens is 273 g/mol. The van der Waals surface area contributed by atoms with Gasteiger partial charge in [0.05, 0.1) is 5.02 Å². The van der Waals surface area contributed by atoms with Crippen LogP contribution >= 0.6 is 11.6 Å². The molecule has 0 aliphatic heterocycles. The minimum atomic E-state index is -0.359. The highest BCUT2D eigenvalue weighted by Crippen LogP contribution is 2.41. The van der Waals surface area contributed by atoms with E-state index in [1.807, 2.05) is 12.1 Å². The van der Waals surface area contributed by atoms with E-state index in [0.717, 1.165) is 18.4 Å². The molecule has 3 rings (SSSR count). The van der Waals surface area contributed by atoms with Crippen LogP contribution in [0.1, 0.15) is 23.1 Å². The summed E-state index contributed by atoms with van der Waals surface area (Å²) in [5.74, 6) is -0.359. The molecule has 0 saturated heterocycles. The lowest BCUT2D eigenvalue weighted by Crippen LogP contribution is -2.35. The lowest BCUT2D eigenvalue weighted by molar-refractivity contribution is 0.431. The van der Waals surface area contributed by atoms with Gasteiger partial charge in [-0.05, 0) is 42.0 Å². The van der Waals surface area contributed by atoms with Crippen LogP contribution in [0.5, 0.6) is 0 Å². The molecule has 20 heavy (non-hydrogen) atoms. The number of benzene rings is 2. The molecule has 0 spiro atoms. The Morgan fingerprint density at radius 2 is 1.95 bits per heavy atom. The molecule has 1 atom stereocenters. The second-order valence-electron chi connectivity index (χ2n) is 5.53. The van der Waals surface area contributed by atoms with Crippen LogP contribution in [-0.4, -0.2) is 6.54 Å². The van der Waals surface area contributed by atoms with Crippen molar-refractivity contribution in [3.8, 4) is 0 Å². The molecule has 3 heteroatoms. The number of hydrogen-bond donors (Lipinski definition) is 1. The van der Waals surface area contributed by atoms with E-state index in [0.29, 0.717) is 13.0 Å². The summed E-state index contributed by atoms with van der Waals surface area (Å²) >= 11 is 6.10.